The summed E-state index contributed by atoms with van der Waals surface area (Å²) in [5, 5.41) is 0. The SMILES string of the molecule is CCOCCCCCCN1CCOCC1. The molecule has 0 aromatic rings. The highest BCUT2D eigenvalue weighted by atomic mass is 16.5. The Morgan fingerprint density at radius 3 is 2.53 bits per heavy atom. The molecule has 0 saturated carbocycles. The number of nitrogens with zero attached hydrogens (tertiary/aromatic N) is 1. The van der Waals surface area contributed by atoms with Gasteiger partial charge in [-0.05, 0) is 26.3 Å². The van der Waals surface area contributed by atoms with Crippen LogP contribution in [0.25, 0.3) is 0 Å². The first-order chi connectivity index (χ1) is 7.43. The van der Waals surface area contributed by atoms with Gasteiger partial charge in [0.15, 0.2) is 0 Å². The fourth-order valence-corrected chi connectivity index (χ4v) is 1.86. The van der Waals surface area contributed by atoms with Gasteiger partial charge in [0.25, 0.3) is 0 Å². The van der Waals surface area contributed by atoms with Gasteiger partial charge in [0, 0.05) is 26.3 Å². The number of hydrogen-bond acceptors (Lipinski definition) is 3. The van der Waals surface area contributed by atoms with Crippen molar-refractivity contribution in [3.05, 3.63) is 0 Å². The maximum atomic E-state index is 5.31. The minimum atomic E-state index is 0.855. The molecule has 3 heteroatoms. The van der Waals surface area contributed by atoms with E-state index in [-0.39, 0.29) is 0 Å². The van der Waals surface area contributed by atoms with E-state index in [1.165, 1.54) is 32.2 Å². The summed E-state index contributed by atoms with van der Waals surface area (Å²) in [7, 11) is 0. The summed E-state index contributed by atoms with van der Waals surface area (Å²) in [6.07, 6.45) is 5.19. The second-order valence-electron chi connectivity index (χ2n) is 4.07. The van der Waals surface area contributed by atoms with E-state index in [0.717, 1.165) is 39.5 Å². The van der Waals surface area contributed by atoms with Crippen molar-refractivity contribution in [1.29, 1.82) is 0 Å². The van der Waals surface area contributed by atoms with Gasteiger partial charge in [-0.2, -0.15) is 0 Å². The molecule has 3 nitrogen and oxygen atoms in total. The van der Waals surface area contributed by atoms with Crippen molar-refractivity contribution >= 4 is 0 Å². The lowest BCUT2D eigenvalue weighted by Crippen LogP contribution is -2.36. The van der Waals surface area contributed by atoms with E-state index in [1.54, 1.807) is 0 Å². The molecule has 0 spiro atoms. The summed E-state index contributed by atoms with van der Waals surface area (Å²) in [5.41, 5.74) is 0. The first-order valence-electron chi connectivity index (χ1n) is 6.31. The average Bonchev–Trinajstić information content (AvgIpc) is 2.29. The van der Waals surface area contributed by atoms with Gasteiger partial charge in [0.05, 0.1) is 13.2 Å². The first kappa shape index (κ1) is 12.9. The van der Waals surface area contributed by atoms with Crippen LogP contribution in [0.4, 0.5) is 0 Å². The van der Waals surface area contributed by atoms with Crippen LogP contribution in [0.2, 0.25) is 0 Å². The molecular weight excluding hydrogens is 190 g/mol. The average molecular weight is 215 g/mol. The molecule has 1 heterocycles. The molecule has 0 aromatic carbocycles. The summed E-state index contributed by atoms with van der Waals surface area (Å²) in [6.45, 7) is 9.19. The van der Waals surface area contributed by atoms with Gasteiger partial charge < -0.3 is 9.47 Å². The van der Waals surface area contributed by atoms with Gasteiger partial charge in [-0.3, -0.25) is 4.90 Å². The number of unbranched alkanes of at least 4 members (excludes halogenated alkanes) is 3. The van der Waals surface area contributed by atoms with Gasteiger partial charge in [-0.25, -0.2) is 0 Å². The lowest BCUT2D eigenvalue weighted by atomic mass is 10.2. The second-order valence-corrected chi connectivity index (χ2v) is 4.07. The van der Waals surface area contributed by atoms with E-state index in [9.17, 15) is 0 Å². The third-order valence-electron chi connectivity index (χ3n) is 2.82. The lowest BCUT2D eigenvalue weighted by Gasteiger charge is -2.26. The molecule has 0 radical (unpaired) electrons. The molecule has 0 aromatic heterocycles. The zero-order valence-electron chi connectivity index (χ0n) is 10.0. The minimum absolute atomic E-state index is 0.855. The molecule has 0 aliphatic carbocycles. The van der Waals surface area contributed by atoms with Crippen LogP contribution in [-0.2, 0) is 9.47 Å². The number of ether oxygens (including phenoxy) is 2. The van der Waals surface area contributed by atoms with Gasteiger partial charge >= 0.3 is 0 Å². The molecule has 0 amide bonds. The Morgan fingerprint density at radius 1 is 1.07 bits per heavy atom. The van der Waals surface area contributed by atoms with Crippen LogP contribution in [-0.4, -0.2) is 51.0 Å². The third kappa shape index (κ3) is 6.88. The second kappa shape index (κ2) is 9.13. The highest BCUT2D eigenvalue weighted by Gasteiger charge is 2.08. The Morgan fingerprint density at radius 2 is 1.80 bits per heavy atom. The van der Waals surface area contributed by atoms with Gasteiger partial charge in [-0.15, -0.1) is 0 Å². The van der Waals surface area contributed by atoms with Gasteiger partial charge in [-0.1, -0.05) is 12.8 Å². The smallest absolute Gasteiger partial charge is 0.0594 e. The summed E-state index contributed by atoms with van der Waals surface area (Å²) < 4.78 is 10.6. The van der Waals surface area contributed by atoms with Crippen LogP contribution >= 0.6 is 0 Å². The van der Waals surface area contributed by atoms with E-state index in [0.29, 0.717) is 0 Å². The molecule has 0 atom stereocenters. The van der Waals surface area contributed by atoms with E-state index >= 15 is 0 Å². The normalized spacial score (nSPS) is 18.2. The maximum absolute atomic E-state index is 5.31. The van der Waals surface area contributed by atoms with Crippen LogP contribution in [0.1, 0.15) is 32.6 Å². The van der Waals surface area contributed by atoms with Crippen molar-refractivity contribution in [2.45, 2.75) is 32.6 Å². The van der Waals surface area contributed by atoms with Crippen LogP contribution < -0.4 is 0 Å². The van der Waals surface area contributed by atoms with Gasteiger partial charge in [0.1, 0.15) is 0 Å². The molecule has 0 N–H and O–H groups in total. The quantitative estimate of drug-likeness (QED) is 0.577. The lowest BCUT2D eigenvalue weighted by molar-refractivity contribution is 0.0370. The summed E-state index contributed by atoms with van der Waals surface area (Å²) in [5.74, 6) is 0. The molecular formula is C12H25NO2. The van der Waals surface area contributed by atoms with Crippen LogP contribution in [0, 0.1) is 0 Å². The Balaban J connectivity index is 1.79. The number of hydrogen-bond donors (Lipinski definition) is 0. The molecule has 15 heavy (non-hydrogen) atoms. The standard InChI is InChI=1S/C12H25NO2/c1-2-14-10-6-4-3-5-7-13-8-11-15-12-9-13/h2-12H2,1H3. The summed E-state index contributed by atoms with van der Waals surface area (Å²) >= 11 is 0. The molecule has 1 saturated heterocycles. The predicted octanol–water partition coefficient (Wildman–Crippen LogP) is 1.92. The van der Waals surface area contributed by atoms with E-state index in [4.69, 9.17) is 9.47 Å². The highest BCUT2D eigenvalue weighted by Crippen LogP contribution is 2.04. The van der Waals surface area contributed by atoms with Crippen molar-refractivity contribution < 1.29 is 9.47 Å². The van der Waals surface area contributed by atoms with Crippen LogP contribution in [0.3, 0.4) is 0 Å². The molecule has 0 unspecified atom stereocenters. The fraction of sp³-hybridized carbons (Fsp3) is 1.00. The molecule has 1 rings (SSSR count). The van der Waals surface area contributed by atoms with Crippen LogP contribution in [0.5, 0.6) is 0 Å². The van der Waals surface area contributed by atoms with Crippen molar-refractivity contribution in [3.63, 3.8) is 0 Å². The first-order valence-corrected chi connectivity index (χ1v) is 6.31. The highest BCUT2D eigenvalue weighted by molar-refractivity contribution is 4.61. The van der Waals surface area contributed by atoms with E-state index in [1.807, 2.05) is 0 Å². The Kier molecular flexibility index (Phi) is 7.88. The maximum Gasteiger partial charge on any atom is 0.0594 e. The molecule has 90 valence electrons. The number of rotatable bonds is 8. The molecule has 1 fully saturated rings. The predicted molar refractivity (Wildman–Crippen MR) is 62.2 cm³/mol. The Hall–Kier alpha value is -0.120. The summed E-state index contributed by atoms with van der Waals surface area (Å²) in [4.78, 5) is 2.51. The molecule has 1 aliphatic heterocycles. The van der Waals surface area contributed by atoms with Crippen molar-refractivity contribution in [3.8, 4) is 0 Å². The van der Waals surface area contributed by atoms with E-state index < -0.39 is 0 Å². The van der Waals surface area contributed by atoms with Gasteiger partial charge in [0.2, 0.25) is 0 Å². The summed E-state index contributed by atoms with van der Waals surface area (Å²) in [6, 6.07) is 0. The van der Waals surface area contributed by atoms with Crippen molar-refractivity contribution in [2.75, 3.05) is 46.1 Å². The zero-order chi connectivity index (χ0) is 10.8. The Labute approximate surface area is 93.7 Å². The molecule has 0 bridgehead atoms. The monoisotopic (exact) mass is 215 g/mol. The van der Waals surface area contributed by atoms with Crippen LogP contribution in [0.15, 0.2) is 0 Å². The zero-order valence-corrected chi connectivity index (χ0v) is 10.0. The third-order valence-corrected chi connectivity index (χ3v) is 2.82. The topological polar surface area (TPSA) is 21.7 Å². The van der Waals surface area contributed by atoms with E-state index in [2.05, 4.69) is 11.8 Å². The van der Waals surface area contributed by atoms with Crippen molar-refractivity contribution in [1.82, 2.24) is 4.90 Å². The van der Waals surface area contributed by atoms with Crippen molar-refractivity contribution in [2.24, 2.45) is 0 Å². The fourth-order valence-electron chi connectivity index (χ4n) is 1.86. The Bertz CT molecular complexity index is 136. The number of morpholine rings is 1. The largest absolute Gasteiger partial charge is 0.382 e. The molecule has 1 aliphatic rings. The minimum Gasteiger partial charge on any atom is -0.382 e.